The number of benzene rings is 4. The number of anilines is 2. The Morgan fingerprint density at radius 3 is 1.22 bits per heavy atom. The minimum atomic E-state index is 0.778. The van der Waals surface area contributed by atoms with Crippen molar-refractivity contribution in [3.8, 4) is 22.3 Å². The molecule has 1 aromatic heterocycles. The highest BCUT2D eigenvalue weighted by Gasteiger charge is 2.08. The maximum atomic E-state index is 5.80. The zero-order chi connectivity index (χ0) is 18.4. The molecule has 0 fully saturated rings. The molecule has 5 N–H and O–H groups in total. The zero-order valence-corrected chi connectivity index (χ0v) is 14.7. The fourth-order valence-corrected chi connectivity index (χ4v) is 3.62. The lowest BCUT2D eigenvalue weighted by Crippen LogP contribution is -1.84. The Morgan fingerprint density at radius 2 is 0.815 bits per heavy atom. The van der Waals surface area contributed by atoms with E-state index in [1.165, 1.54) is 21.9 Å². The summed E-state index contributed by atoms with van der Waals surface area (Å²) in [6, 6.07) is 29.0. The molecule has 0 saturated heterocycles. The van der Waals surface area contributed by atoms with Crippen LogP contribution in [0, 0.1) is 0 Å². The Balaban J connectivity index is 1.62. The summed E-state index contributed by atoms with van der Waals surface area (Å²) in [5.74, 6) is 0. The number of fused-ring (bicyclic) bond motifs is 3. The number of nitrogen functional groups attached to an aromatic ring is 2. The van der Waals surface area contributed by atoms with Gasteiger partial charge in [0.2, 0.25) is 0 Å². The molecule has 0 aliphatic carbocycles. The van der Waals surface area contributed by atoms with Gasteiger partial charge in [-0.1, -0.05) is 48.5 Å². The largest absolute Gasteiger partial charge is 0.399 e. The van der Waals surface area contributed by atoms with Gasteiger partial charge in [-0.3, -0.25) is 0 Å². The molecule has 0 saturated carbocycles. The van der Waals surface area contributed by atoms with Crippen molar-refractivity contribution in [2.45, 2.75) is 0 Å². The van der Waals surface area contributed by atoms with Gasteiger partial charge in [0.05, 0.1) is 0 Å². The molecule has 5 aromatic rings. The molecule has 3 nitrogen and oxygen atoms in total. The summed E-state index contributed by atoms with van der Waals surface area (Å²) in [4.78, 5) is 3.57. The van der Waals surface area contributed by atoms with Crippen LogP contribution in [-0.2, 0) is 0 Å². The highest BCUT2D eigenvalue weighted by Crippen LogP contribution is 2.32. The first-order chi connectivity index (χ1) is 13.2. The van der Waals surface area contributed by atoms with Crippen LogP contribution in [0.2, 0.25) is 0 Å². The molecular weight excluding hydrogens is 330 g/mol. The average Bonchev–Trinajstić information content (AvgIpc) is 3.06. The Bertz CT molecular complexity index is 1160. The van der Waals surface area contributed by atoms with Crippen molar-refractivity contribution >= 4 is 33.2 Å². The molecule has 4 aromatic carbocycles. The van der Waals surface area contributed by atoms with Gasteiger partial charge in [0, 0.05) is 33.2 Å². The first kappa shape index (κ1) is 15.5. The lowest BCUT2D eigenvalue weighted by Gasteiger charge is -2.03. The predicted octanol–water partition coefficient (Wildman–Crippen LogP) is 5.82. The van der Waals surface area contributed by atoms with Crippen molar-refractivity contribution in [2.75, 3.05) is 11.5 Å². The first-order valence-electron chi connectivity index (χ1n) is 8.95. The topological polar surface area (TPSA) is 67.8 Å². The van der Waals surface area contributed by atoms with E-state index in [2.05, 4.69) is 65.6 Å². The lowest BCUT2D eigenvalue weighted by molar-refractivity contribution is 1.53. The van der Waals surface area contributed by atoms with Crippen LogP contribution in [0.3, 0.4) is 0 Å². The van der Waals surface area contributed by atoms with Crippen molar-refractivity contribution in [1.82, 2.24) is 4.98 Å². The Morgan fingerprint density at radius 1 is 0.444 bits per heavy atom. The number of H-pyrrole nitrogens is 1. The maximum Gasteiger partial charge on any atom is 0.0471 e. The molecule has 0 spiro atoms. The number of rotatable bonds is 2. The van der Waals surface area contributed by atoms with E-state index < -0.39 is 0 Å². The van der Waals surface area contributed by atoms with Crippen LogP contribution in [0.15, 0.2) is 84.9 Å². The second-order valence-corrected chi connectivity index (χ2v) is 6.89. The van der Waals surface area contributed by atoms with Crippen LogP contribution in [0.5, 0.6) is 0 Å². The average molecular weight is 349 g/mol. The summed E-state index contributed by atoms with van der Waals surface area (Å²) in [7, 11) is 0. The highest BCUT2D eigenvalue weighted by atomic mass is 14.7. The van der Waals surface area contributed by atoms with Gasteiger partial charge in [-0.15, -0.1) is 0 Å². The third-order valence-corrected chi connectivity index (χ3v) is 5.09. The van der Waals surface area contributed by atoms with Gasteiger partial charge in [-0.05, 0) is 58.7 Å². The Hall–Kier alpha value is -3.72. The molecule has 0 unspecified atom stereocenters. The SMILES string of the molecule is Nc1ccc(-c2ccc3c(c2)[nH]c2cc(-c4ccc(N)cc4)ccc23)cc1. The summed E-state index contributed by atoms with van der Waals surface area (Å²) in [6.45, 7) is 0. The van der Waals surface area contributed by atoms with Crippen LogP contribution in [0.4, 0.5) is 11.4 Å². The smallest absolute Gasteiger partial charge is 0.0471 e. The van der Waals surface area contributed by atoms with Gasteiger partial charge >= 0.3 is 0 Å². The lowest BCUT2D eigenvalue weighted by atomic mass is 10.0. The molecule has 27 heavy (non-hydrogen) atoms. The van der Waals surface area contributed by atoms with Crippen molar-refractivity contribution in [3.05, 3.63) is 84.9 Å². The molecule has 0 radical (unpaired) electrons. The van der Waals surface area contributed by atoms with Crippen LogP contribution < -0.4 is 11.5 Å². The van der Waals surface area contributed by atoms with Crippen LogP contribution in [0.25, 0.3) is 44.1 Å². The monoisotopic (exact) mass is 349 g/mol. The fraction of sp³-hybridized carbons (Fsp3) is 0. The number of aromatic amines is 1. The van der Waals surface area contributed by atoms with Gasteiger partial charge < -0.3 is 16.5 Å². The standard InChI is InChI=1S/C24H19N3/c25-19-7-1-15(2-8-19)17-5-11-21-22-12-6-18(14-24(22)27-23(21)13-17)16-3-9-20(26)10-4-16/h1-14,27H,25-26H2. The first-order valence-corrected chi connectivity index (χ1v) is 8.95. The normalized spacial score (nSPS) is 11.3. The van der Waals surface area contributed by atoms with Crippen LogP contribution in [-0.4, -0.2) is 4.98 Å². The third-order valence-electron chi connectivity index (χ3n) is 5.09. The third kappa shape index (κ3) is 2.70. The Kier molecular flexibility index (Phi) is 3.41. The molecule has 0 amide bonds. The molecule has 1 heterocycles. The Labute approximate surface area is 157 Å². The molecule has 3 heteroatoms. The summed E-state index contributed by atoms with van der Waals surface area (Å²) in [6.07, 6.45) is 0. The van der Waals surface area contributed by atoms with Crippen LogP contribution >= 0.6 is 0 Å². The second-order valence-electron chi connectivity index (χ2n) is 6.89. The minimum absolute atomic E-state index is 0.778. The summed E-state index contributed by atoms with van der Waals surface area (Å²) >= 11 is 0. The maximum absolute atomic E-state index is 5.80. The second kappa shape index (κ2) is 5.92. The van der Waals surface area contributed by atoms with Crippen LogP contribution in [0.1, 0.15) is 0 Å². The molecule has 0 aliphatic heterocycles. The molecule has 0 atom stereocenters. The summed E-state index contributed by atoms with van der Waals surface area (Å²) in [5, 5.41) is 2.46. The van der Waals surface area contributed by atoms with E-state index in [9.17, 15) is 0 Å². The highest BCUT2D eigenvalue weighted by molar-refractivity contribution is 6.09. The molecule has 130 valence electrons. The summed E-state index contributed by atoms with van der Waals surface area (Å²) < 4.78 is 0. The minimum Gasteiger partial charge on any atom is -0.399 e. The van der Waals surface area contributed by atoms with E-state index in [1.807, 2.05) is 24.3 Å². The van der Waals surface area contributed by atoms with Gasteiger partial charge in [-0.2, -0.15) is 0 Å². The molecular formula is C24H19N3. The van der Waals surface area contributed by atoms with E-state index in [0.717, 1.165) is 33.5 Å². The number of aromatic nitrogens is 1. The summed E-state index contributed by atoms with van der Waals surface area (Å²) in [5.41, 5.74) is 20.1. The van der Waals surface area contributed by atoms with E-state index >= 15 is 0 Å². The van der Waals surface area contributed by atoms with Crippen molar-refractivity contribution < 1.29 is 0 Å². The van der Waals surface area contributed by atoms with E-state index in [-0.39, 0.29) is 0 Å². The fourth-order valence-electron chi connectivity index (χ4n) is 3.62. The van der Waals surface area contributed by atoms with E-state index in [0.29, 0.717) is 0 Å². The van der Waals surface area contributed by atoms with Gasteiger partial charge in [-0.25, -0.2) is 0 Å². The van der Waals surface area contributed by atoms with Gasteiger partial charge in [0.25, 0.3) is 0 Å². The predicted molar refractivity (Wildman–Crippen MR) is 116 cm³/mol. The van der Waals surface area contributed by atoms with E-state index in [1.54, 1.807) is 0 Å². The van der Waals surface area contributed by atoms with Gasteiger partial charge in [0.1, 0.15) is 0 Å². The molecule has 0 bridgehead atoms. The number of hydrogen-bond acceptors (Lipinski definition) is 2. The van der Waals surface area contributed by atoms with Gasteiger partial charge in [0.15, 0.2) is 0 Å². The van der Waals surface area contributed by atoms with E-state index in [4.69, 9.17) is 11.5 Å². The molecule has 0 aliphatic rings. The zero-order valence-electron chi connectivity index (χ0n) is 14.7. The number of nitrogens with two attached hydrogens (primary N) is 2. The van der Waals surface area contributed by atoms with Crippen molar-refractivity contribution in [1.29, 1.82) is 0 Å². The van der Waals surface area contributed by atoms with Crippen molar-refractivity contribution in [3.63, 3.8) is 0 Å². The van der Waals surface area contributed by atoms with Crippen molar-refractivity contribution in [2.24, 2.45) is 0 Å². The number of hydrogen-bond donors (Lipinski definition) is 3. The molecule has 5 rings (SSSR count). The number of nitrogens with one attached hydrogen (secondary N) is 1. The quantitative estimate of drug-likeness (QED) is 0.352.